The molecule has 1 aliphatic rings. The molecule has 0 unspecified atom stereocenters. The van der Waals surface area contributed by atoms with Crippen molar-refractivity contribution in [2.75, 3.05) is 0 Å². The van der Waals surface area contributed by atoms with Crippen LogP contribution in [-0.2, 0) is 4.79 Å². The zero-order chi connectivity index (χ0) is 14.8. The van der Waals surface area contributed by atoms with Crippen molar-refractivity contribution < 1.29 is 15.0 Å². The first-order valence-corrected chi connectivity index (χ1v) is 6.56. The fourth-order valence-electron chi connectivity index (χ4n) is 2.50. The summed E-state index contributed by atoms with van der Waals surface area (Å²) in [5.74, 6) is -0.133. The van der Waals surface area contributed by atoms with E-state index in [9.17, 15) is 15.0 Å². The smallest absolute Gasteiger partial charge is 0.262 e. The summed E-state index contributed by atoms with van der Waals surface area (Å²) in [5, 5.41) is 22.8. The number of nitrogens with zero attached hydrogens (tertiary/aromatic N) is 1. The van der Waals surface area contributed by atoms with Crippen molar-refractivity contribution >= 4 is 12.1 Å². The minimum atomic E-state index is -0.531. The molecule has 5 nitrogen and oxygen atoms in total. The van der Waals surface area contributed by atoms with Crippen molar-refractivity contribution in [3.05, 3.63) is 59.7 Å². The van der Waals surface area contributed by atoms with Crippen molar-refractivity contribution in [3.63, 3.8) is 0 Å². The molecule has 5 heteroatoms. The van der Waals surface area contributed by atoms with E-state index in [1.165, 1.54) is 6.21 Å². The van der Waals surface area contributed by atoms with Crippen LogP contribution < -0.4 is 5.32 Å². The third kappa shape index (κ3) is 2.45. The van der Waals surface area contributed by atoms with Crippen LogP contribution in [0.25, 0.3) is 0 Å². The Labute approximate surface area is 121 Å². The van der Waals surface area contributed by atoms with E-state index in [1.807, 2.05) is 0 Å². The highest BCUT2D eigenvalue weighted by atomic mass is 16.3. The van der Waals surface area contributed by atoms with E-state index >= 15 is 0 Å². The van der Waals surface area contributed by atoms with Gasteiger partial charge in [0.1, 0.15) is 17.5 Å². The van der Waals surface area contributed by atoms with Crippen LogP contribution in [-0.4, -0.2) is 22.3 Å². The van der Waals surface area contributed by atoms with Crippen LogP contribution in [0, 0.1) is 0 Å². The van der Waals surface area contributed by atoms with Crippen LogP contribution >= 0.6 is 0 Å². The molecule has 0 spiro atoms. The minimum absolute atomic E-state index is 0.0836. The Morgan fingerprint density at radius 3 is 2.10 bits per heavy atom. The number of para-hydroxylation sites is 2. The Balaban J connectivity index is 2.09. The summed E-state index contributed by atoms with van der Waals surface area (Å²) in [6.07, 6.45) is 1.20. The third-order valence-corrected chi connectivity index (χ3v) is 3.49. The number of phenols is 2. The summed E-state index contributed by atoms with van der Waals surface area (Å²) in [6.45, 7) is 0. The lowest BCUT2D eigenvalue weighted by Crippen LogP contribution is -2.36. The van der Waals surface area contributed by atoms with Gasteiger partial charge in [0, 0.05) is 11.1 Å². The normalized spacial score (nSPS) is 21.0. The molecule has 0 saturated heterocycles. The number of hydrogen-bond acceptors (Lipinski definition) is 4. The molecule has 0 aromatic heterocycles. The van der Waals surface area contributed by atoms with E-state index in [1.54, 1.807) is 48.5 Å². The van der Waals surface area contributed by atoms with Gasteiger partial charge in [0.15, 0.2) is 0 Å². The van der Waals surface area contributed by atoms with Gasteiger partial charge in [0.05, 0.1) is 12.3 Å². The molecule has 2 aromatic carbocycles. The molecule has 106 valence electrons. The highest BCUT2D eigenvalue weighted by Crippen LogP contribution is 2.40. The summed E-state index contributed by atoms with van der Waals surface area (Å²) in [6, 6.07) is 12.6. The minimum Gasteiger partial charge on any atom is -0.508 e. The number of rotatable bonds is 2. The zero-order valence-electron chi connectivity index (χ0n) is 11.1. The number of hydrogen-bond donors (Lipinski definition) is 3. The summed E-state index contributed by atoms with van der Waals surface area (Å²) < 4.78 is 0. The second-order valence-corrected chi connectivity index (χ2v) is 4.83. The highest BCUT2D eigenvalue weighted by molar-refractivity contribution is 6.26. The summed E-state index contributed by atoms with van der Waals surface area (Å²) >= 11 is 0. The zero-order valence-corrected chi connectivity index (χ0v) is 11.1. The van der Waals surface area contributed by atoms with E-state index in [4.69, 9.17) is 0 Å². The second kappa shape index (κ2) is 5.28. The maximum Gasteiger partial charge on any atom is 0.262 e. The quantitative estimate of drug-likeness (QED) is 0.788. The first kappa shape index (κ1) is 13.2. The number of carbonyl (C=O) groups is 1. The fourth-order valence-corrected chi connectivity index (χ4v) is 2.50. The molecule has 1 aliphatic heterocycles. The van der Waals surface area contributed by atoms with E-state index in [0.717, 1.165) is 0 Å². The van der Waals surface area contributed by atoms with E-state index < -0.39 is 12.1 Å². The summed E-state index contributed by atoms with van der Waals surface area (Å²) in [7, 11) is 0. The predicted molar refractivity (Wildman–Crippen MR) is 78.3 cm³/mol. The number of aliphatic imine (C=N–C) groups is 1. The average molecular weight is 282 g/mol. The second-order valence-electron chi connectivity index (χ2n) is 4.83. The topological polar surface area (TPSA) is 81.9 Å². The monoisotopic (exact) mass is 282 g/mol. The Morgan fingerprint density at radius 1 is 0.905 bits per heavy atom. The van der Waals surface area contributed by atoms with Gasteiger partial charge in [-0.1, -0.05) is 36.4 Å². The first-order chi connectivity index (χ1) is 10.2. The third-order valence-electron chi connectivity index (χ3n) is 3.49. The number of benzene rings is 2. The van der Waals surface area contributed by atoms with Crippen LogP contribution in [0.2, 0.25) is 0 Å². The number of carbonyl (C=O) groups excluding carboxylic acids is 1. The van der Waals surface area contributed by atoms with Gasteiger partial charge in [-0.15, -0.1) is 0 Å². The lowest BCUT2D eigenvalue weighted by Gasteiger charge is -2.29. The molecule has 2 atom stereocenters. The molecular weight excluding hydrogens is 268 g/mol. The maximum absolute atomic E-state index is 11.6. The molecule has 1 amide bonds. The van der Waals surface area contributed by atoms with Crippen LogP contribution in [0.15, 0.2) is 53.5 Å². The Morgan fingerprint density at radius 2 is 1.48 bits per heavy atom. The van der Waals surface area contributed by atoms with Crippen molar-refractivity contribution in [1.82, 2.24) is 5.32 Å². The van der Waals surface area contributed by atoms with Crippen LogP contribution in [0.5, 0.6) is 11.5 Å². The molecular formula is C16H14N2O3. The van der Waals surface area contributed by atoms with Gasteiger partial charge in [0.2, 0.25) is 0 Å². The van der Waals surface area contributed by atoms with Gasteiger partial charge < -0.3 is 15.5 Å². The first-order valence-electron chi connectivity index (χ1n) is 6.56. The molecule has 0 radical (unpaired) electrons. The number of aromatic hydroxyl groups is 2. The van der Waals surface area contributed by atoms with Crippen LogP contribution in [0.1, 0.15) is 23.2 Å². The van der Waals surface area contributed by atoms with Gasteiger partial charge in [-0.3, -0.25) is 9.79 Å². The van der Waals surface area contributed by atoms with Gasteiger partial charge >= 0.3 is 0 Å². The van der Waals surface area contributed by atoms with E-state index in [2.05, 4.69) is 10.3 Å². The molecule has 0 fully saturated rings. The lowest BCUT2D eigenvalue weighted by molar-refractivity contribution is -0.115. The number of amides is 1. The Kier molecular flexibility index (Phi) is 3.31. The molecule has 0 bridgehead atoms. The van der Waals surface area contributed by atoms with Gasteiger partial charge in [-0.05, 0) is 12.1 Å². The van der Waals surface area contributed by atoms with Crippen molar-refractivity contribution in [1.29, 1.82) is 0 Å². The van der Waals surface area contributed by atoms with Gasteiger partial charge in [-0.2, -0.15) is 0 Å². The largest absolute Gasteiger partial charge is 0.508 e. The molecule has 21 heavy (non-hydrogen) atoms. The SMILES string of the molecule is O=C1C=N[C@@H](c2ccccc2O)[C@H](c2ccccc2O)N1. The number of nitrogens with one attached hydrogen (secondary N) is 1. The predicted octanol–water partition coefficient (Wildman–Crippen LogP) is 2.08. The average Bonchev–Trinajstić information content (AvgIpc) is 2.49. The van der Waals surface area contributed by atoms with Crippen molar-refractivity contribution in [3.8, 4) is 11.5 Å². The molecule has 0 aliphatic carbocycles. The van der Waals surface area contributed by atoms with Crippen LogP contribution in [0.3, 0.4) is 0 Å². The maximum atomic E-state index is 11.6. The van der Waals surface area contributed by atoms with Crippen molar-refractivity contribution in [2.45, 2.75) is 12.1 Å². The van der Waals surface area contributed by atoms with E-state index in [0.29, 0.717) is 11.1 Å². The molecule has 3 N–H and O–H groups in total. The summed E-state index contributed by atoms with van der Waals surface area (Å²) in [5.41, 5.74) is 1.16. The summed E-state index contributed by atoms with van der Waals surface area (Å²) in [4.78, 5) is 15.8. The molecule has 2 aromatic rings. The molecule has 3 rings (SSSR count). The molecule has 1 heterocycles. The van der Waals surface area contributed by atoms with Gasteiger partial charge in [-0.25, -0.2) is 0 Å². The highest BCUT2D eigenvalue weighted by Gasteiger charge is 2.31. The van der Waals surface area contributed by atoms with Crippen molar-refractivity contribution in [2.24, 2.45) is 4.99 Å². The Hall–Kier alpha value is -2.82. The number of phenolic OH excluding ortho intramolecular Hbond substituents is 2. The van der Waals surface area contributed by atoms with E-state index in [-0.39, 0.29) is 17.4 Å². The standard InChI is InChI=1S/C16H14N2O3/c19-12-7-3-1-5-10(12)15-16(18-14(21)9-17-15)11-6-2-4-8-13(11)20/h1-9,15-16,19-20H,(H,18,21)/t15-,16-/m0/s1. The fraction of sp³-hybridized carbons (Fsp3) is 0.125. The van der Waals surface area contributed by atoms with Crippen LogP contribution in [0.4, 0.5) is 0 Å². The Bertz CT molecular complexity index is 712. The lowest BCUT2D eigenvalue weighted by atomic mass is 9.91. The van der Waals surface area contributed by atoms with Gasteiger partial charge in [0.25, 0.3) is 5.91 Å². The molecule has 0 saturated carbocycles.